The standard InChI is InChI=1S/C18H20BrFN2O/c1-12(2)18(13-3-7-15(20)8-4-13)21-11-17(23)22-16-9-5-14(19)6-10-16/h3-10,12,18,21H,11H2,1-2H3,(H,22,23)/p+1/t18-/m0/s1. The summed E-state index contributed by atoms with van der Waals surface area (Å²) in [4.78, 5) is 12.1. The molecule has 0 aliphatic carbocycles. The molecule has 122 valence electrons. The third kappa shape index (κ3) is 5.44. The number of rotatable bonds is 6. The minimum Gasteiger partial charge on any atom is -0.332 e. The molecule has 2 aromatic carbocycles. The van der Waals surface area contributed by atoms with Gasteiger partial charge >= 0.3 is 0 Å². The van der Waals surface area contributed by atoms with E-state index < -0.39 is 0 Å². The Kier molecular flexibility index (Phi) is 6.30. The maximum Gasteiger partial charge on any atom is 0.279 e. The third-order valence-corrected chi connectivity index (χ3v) is 4.19. The molecule has 0 spiro atoms. The maximum atomic E-state index is 13.1. The summed E-state index contributed by atoms with van der Waals surface area (Å²) in [6, 6.07) is 14.1. The Morgan fingerprint density at radius 1 is 1.13 bits per heavy atom. The first-order valence-corrected chi connectivity index (χ1v) is 8.39. The fourth-order valence-electron chi connectivity index (χ4n) is 2.46. The van der Waals surface area contributed by atoms with Crippen LogP contribution in [0.1, 0.15) is 25.5 Å². The van der Waals surface area contributed by atoms with Gasteiger partial charge in [0.15, 0.2) is 6.54 Å². The van der Waals surface area contributed by atoms with Crippen LogP contribution in [0, 0.1) is 11.7 Å². The van der Waals surface area contributed by atoms with E-state index in [-0.39, 0.29) is 17.8 Å². The van der Waals surface area contributed by atoms with Crippen LogP contribution in [-0.4, -0.2) is 12.5 Å². The highest BCUT2D eigenvalue weighted by molar-refractivity contribution is 9.10. The second kappa shape index (κ2) is 8.22. The number of benzene rings is 2. The monoisotopic (exact) mass is 379 g/mol. The van der Waals surface area contributed by atoms with E-state index in [2.05, 4.69) is 35.1 Å². The molecule has 2 aromatic rings. The van der Waals surface area contributed by atoms with Crippen LogP contribution in [0.2, 0.25) is 0 Å². The highest BCUT2D eigenvalue weighted by Crippen LogP contribution is 2.18. The van der Waals surface area contributed by atoms with E-state index in [9.17, 15) is 9.18 Å². The summed E-state index contributed by atoms with van der Waals surface area (Å²) < 4.78 is 14.0. The molecular formula is C18H21BrFN2O+. The van der Waals surface area contributed by atoms with Crippen molar-refractivity contribution in [1.82, 2.24) is 0 Å². The second-order valence-electron chi connectivity index (χ2n) is 5.82. The van der Waals surface area contributed by atoms with Crippen molar-refractivity contribution < 1.29 is 14.5 Å². The quantitative estimate of drug-likeness (QED) is 0.792. The van der Waals surface area contributed by atoms with Gasteiger partial charge in [0.2, 0.25) is 0 Å². The minimum absolute atomic E-state index is 0.0555. The van der Waals surface area contributed by atoms with Gasteiger partial charge in [0.1, 0.15) is 11.9 Å². The van der Waals surface area contributed by atoms with E-state index in [0.29, 0.717) is 12.5 Å². The van der Waals surface area contributed by atoms with E-state index in [1.54, 1.807) is 12.1 Å². The van der Waals surface area contributed by atoms with Crippen molar-refractivity contribution in [1.29, 1.82) is 0 Å². The van der Waals surface area contributed by atoms with Crippen LogP contribution in [0.4, 0.5) is 10.1 Å². The average Bonchev–Trinajstić information content (AvgIpc) is 2.51. The number of hydrogen-bond donors (Lipinski definition) is 2. The maximum absolute atomic E-state index is 13.1. The Hall–Kier alpha value is -1.72. The van der Waals surface area contributed by atoms with Crippen molar-refractivity contribution in [2.24, 2.45) is 5.92 Å². The molecule has 0 saturated heterocycles. The van der Waals surface area contributed by atoms with Gasteiger partial charge in [-0.25, -0.2) is 4.39 Å². The van der Waals surface area contributed by atoms with Crippen molar-refractivity contribution in [2.45, 2.75) is 19.9 Å². The van der Waals surface area contributed by atoms with E-state index in [4.69, 9.17) is 0 Å². The smallest absolute Gasteiger partial charge is 0.279 e. The summed E-state index contributed by atoms with van der Waals surface area (Å²) >= 11 is 3.36. The van der Waals surface area contributed by atoms with Crippen LogP contribution < -0.4 is 10.6 Å². The molecule has 0 aromatic heterocycles. The Morgan fingerprint density at radius 3 is 2.30 bits per heavy atom. The van der Waals surface area contributed by atoms with Gasteiger partial charge in [0.05, 0.1) is 0 Å². The number of anilines is 1. The van der Waals surface area contributed by atoms with Crippen molar-refractivity contribution in [3.8, 4) is 0 Å². The second-order valence-corrected chi connectivity index (χ2v) is 6.73. The van der Waals surface area contributed by atoms with E-state index >= 15 is 0 Å². The Bertz CT molecular complexity index is 641. The number of hydrogen-bond acceptors (Lipinski definition) is 1. The molecular weight excluding hydrogens is 359 g/mol. The van der Waals surface area contributed by atoms with Gasteiger partial charge in [-0.15, -0.1) is 0 Å². The summed E-state index contributed by atoms with van der Waals surface area (Å²) in [6.07, 6.45) is 0. The van der Waals surface area contributed by atoms with Gasteiger partial charge in [-0.05, 0) is 36.4 Å². The molecule has 1 atom stereocenters. The SMILES string of the molecule is CC(C)[C@H]([NH2+]CC(=O)Nc1ccc(Br)cc1)c1ccc(F)cc1. The van der Waals surface area contributed by atoms with Crippen molar-refractivity contribution >= 4 is 27.5 Å². The van der Waals surface area contributed by atoms with Gasteiger partial charge < -0.3 is 10.6 Å². The predicted octanol–water partition coefficient (Wildman–Crippen LogP) is 3.49. The van der Waals surface area contributed by atoms with Crippen LogP contribution >= 0.6 is 15.9 Å². The lowest BCUT2D eigenvalue weighted by Crippen LogP contribution is -2.88. The zero-order chi connectivity index (χ0) is 16.8. The Morgan fingerprint density at radius 2 is 1.74 bits per heavy atom. The summed E-state index contributed by atoms with van der Waals surface area (Å²) in [7, 11) is 0. The minimum atomic E-state index is -0.246. The number of amides is 1. The lowest BCUT2D eigenvalue weighted by molar-refractivity contribution is -0.692. The third-order valence-electron chi connectivity index (χ3n) is 3.66. The Balaban J connectivity index is 1.94. The summed E-state index contributed by atoms with van der Waals surface area (Å²) in [5, 5.41) is 4.87. The molecule has 0 saturated carbocycles. The molecule has 5 heteroatoms. The van der Waals surface area contributed by atoms with Gasteiger partial charge in [0, 0.05) is 21.6 Å². The predicted molar refractivity (Wildman–Crippen MR) is 93.5 cm³/mol. The van der Waals surface area contributed by atoms with Crippen LogP contribution in [0.5, 0.6) is 0 Å². The molecule has 0 heterocycles. The lowest BCUT2D eigenvalue weighted by Gasteiger charge is -2.19. The number of nitrogens with two attached hydrogens (primary N) is 1. The normalized spacial score (nSPS) is 12.2. The summed E-state index contributed by atoms with van der Waals surface area (Å²) in [5.74, 6) is 0.0327. The zero-order valence-electron chi connectivity index (χ0n) is 13.2. The number of carbonyl (C=O) groups is 1. The van der Waals surface area contributed by atoms with Crippen molar-refractivity contribution in [2.75, 3.05) is 11.9 Å². The first kappa shape index (κ1) is 17.6. The first-order valence-electron chi connectivity index (χ1n) is 7.60. The lowest BCUT2D eigenvalue weighted by atomic mass is 9.96. The summed E-state index contributed by atoms with van der Waals surface area (Å²) in [5.41, 5.74) is 1.80. The molecule has 1 amide bonds. The highest BCUT2D eigenvalue weighted by Gasteiger charge is 2.20. The van der Waals surface area contributed by atoms with E-state index in [1.165, 1.54) is 12.1 Å². The van der Waals surface area contributed by atoms with Gasteiger partial charge in [-0.3, -0.25) is 4.79 Å². The van der Waals surface area contributed by atoms with Gasteiger partial charge in [-0.1, -0.05) is 41.9 Å². The molecule has 0 unspecified atom stereocenters. The van der Waals surface area contributed by atoms with E-state index in [0.717, 1.165) is 15.7 Å². The Labute approximate surface area is 144 Å². The molecule has 0 aliphatic heterocycles. The largest absolute Gasteiger partial charge is 0.332 e. The van der Waals surface area contributed by atoms with Gasteiger partial charge in [-0.2, -0.15) is 0 Å². The molecule has 3 N–H and O–H groups in total. The zero-order valence-corrected chi connectivity index (χ0v) is 14.8. The number of quaternary nitrogens is 1. The number of halogens is 2. The van der Waals surface area contributed by atoms with Crippen LogP contribution in [0.15, 0.2) is 53.0 Å². The molecule has 0 bridgehead atoms. The topological polar surface area (TPSA) is 45.7 Å². The van der Waals surface area contributed by atoms with Gasteiger partial charge in [0.25, 0.3) is 5.91 Å². The summed E-state index contributed by atoms with van der Waals surface area (Å²) in [6.45, 7) is 4.50. The van der Waals surface area contributed by atoms with Crippen LogP contribution in [-0.2, 0) is 4.79 Å². The molecule has 3 nitrogen and oxygen atoms in total. The molecule has 0 aliphatic rings. The fourth-order valence-corrected chi connectivity index (χ4v) is 2.72. The number of carbonyl (C=O) groups excluding carboxylic acids is 1. The highest BCUT2D eigenvalue weighted by atomic mass is 79.9. The average molecular weight is 380 g/mol. The van der Waals surface area contributed by atoms with E-state index in [1.807, 2.05) is 29.6 Å². The first-order chi connectivity index (χ1) is 11.0. The van der Waals surface area contributed by atoms with Crippen molar-refractivity contribution in [3.05, 3.63) is 64.4 Å². The molecule has 23 heavy (non-hydrogen) atoms. The number of nitrogens with one attached hydrogen (secondary N) is 1. The fraction of sp³-hybridized carbons (Fsp3) is 0.278. The molecule has 0 fully saturated rings. The van der Waals surface area contributed by atoms with Crippen molar-refractivity contribution in [3.63, 3.8) is 0 Å². The molecule has 2 rings (SSSR count). The molecule has 0 radical (unpaired) electrons. The van der Waals surface area contributed by atoms with Crippen LogP contribution in [0.25, 0.3) is 0 Å². The van der Waals surface area contributed by atoms with Crippen LogP contribution in [0.3, 0.4) is 0 Å².